The van der Waals surface area contributed by atoms with Crippen molar-refractivity contribution in [2.75, 3.05) is 23.7 Å². The minimum atomic E-state index is -0.281. The lowest BCUT2D eigenvalue weighted by atomic mass is 10.1. The summed E-state index contributed by atoms with van der Waals surface area (Å²) in [5.41, 5.74) is 1.46. The van der Waals surface area contributed by atoms with Gasteiger partial charge in [-0.25, -0.2) is 0 Å². The third kappa shape index (κ3) is 3.10. The second-order valence-electron chi connectivity index (χ2n) is 7.11. The number of nitrogens with zero attached hydrogens (tertiary/aromatic N) is 4. The summed E-state index contributed by atoms with van der Waals surface area (Å²) in [6, 6.07) is 12.2. The van der Waals surface area contributed by atoms with Crippen LogP contribution < -0.4 is 10.6 Å². The maximum atomic E-state index is 12.4. The number of pyridine rings is 1. The van der Waals surface area contributed by atoms with E-state index in [4.69, 9.17) is 0 Å². The van der Waals surface area contributed by atoms with Crippen molar-refractivity contribution in [2.24, 2.45) is 5.92 Å². The van der Waals surface area contributed by atoms with Gasteiger partial charge in [0, 0.05) is 19.0 Å². The number of carbonyl (C=O) groups excluding carboxylic acids is 3. The van der Waals surface area contributed by atoms with Crippen LogP contribution in [0.4, 0.5) is 11.8 Å². The van der Waals surface area contributed by atoms with Gasteiger partial charge in [-0.3, -0.25) is 24.6 Å². The van der Waals surface area contributed by atoms with Gasteiger partial charge in [0.25, 0.3) is 11.8 Å². The minimum Gasteiger partial charge on any atom is -0.368 e. The van der Waals surface area contributed by atoms with E-state index < -0.39 is 0 Å². The average Bonchev–Trinajstić information content (AvgIpc) is 3.46. The molecular formula is C20H18N6O3. The van der Waals surface area contributed by atoms with E-state index in [1.165, 1.54) is 4.90 Å². The van der Waals surface area contributed by atoms with E-state index >= 15 is 0 Å². The molecule has 2 N–H and O–H groups in total. The second kappa shape index (κ2) is 6.69. The van der Waals surface area contributed by atoms with E-state index in [1.54, 1.807) is 34.8 Å². The Hall–Kier alpha value is -3.75. The highest BCUT2D eigenvalue weighted by Crippen LogP contribution is 2.30. The number of benzene rings is 1. The largest absolute Gasteiger partial charge is 0.368 e. The summed E-state index contributed by atoms with van der Waals surface area (Å²) >= 11 is 0. The number of rotatable bonds is 6. The maximum Gasteiger partial charge on any atom is 0.261 e. The molecule has 29 heavy (non-hydrogen) atoms. The van der Waals surface area contributed by atoms with Crippen molar-refractivity contribution in [1.82, 2.24) is 19.5 Å². The Balaban J connectivity index is 1.27. The van der Waals surface area contributed by atoms with Gasteiger partial charge in [-0.05, 0) is 37.1 Å². The fourth-order valence-corrected chi connectivity index (χ4v) is 3.39. The van der Waals surface area contributed by atoms with Gasteiger partial charge in [0.2, 0.25) is 11.9 Å². The third-order valence-corrected chi connectivity index (χ3v) is 5.06. The van der Waals surface area contributed by atoms with Crippen molar-refractivity contribution in [3.63, 3.8) is 0 Å². The molecule has 1 aliphatic heterocycles. The lowest BCUT2D eigenvalue weighted by Gasteiger charge is -2.15. The number of imide groups is 1. The maximum absolute atomic E-state index is 12.4. The number of amides is 3. The minimum absolute atomic E-state index is 0.0546. The molecular weight excluding hydrogens is 372 g/mol. The van der Waals surface area contributed by atoms with E-state index in [0.29, 0.717) is 29.1 Å². The zero-order valence-corrected chi connectivity index (χ0v) is 15.5. The number of hydrogen-bond donors (Lipinski definition) is 2. The Morgan fingerprint density at radius 1 is 1.03 bits per heavy atom. The van der Waals surface area contributed by atoms with Gasteiger partial charge in [-0.2, -0.15) is 9.50 Å². The number of aromatic nitrogens is 3. The van der Waals surface area contributed by atoms with Crippen LogP contribution in [0.2, 0.25) is 0 Å². The first-order valence-electron chi connectivity index (χ1n) is 9.47. The molecule has 1 aliphatic carbocycles. The van der Waals surface area contributed by atoms with Gasteiger partial charge in [-0.1, -0.05) is 18.2 Å². The Kier molecular flexibility index (Phi) is 4.01. The van der Waals surface area contributed by atoms with Crippen LogP contribution in [-0.4, -0.2) is 50.3 Å². The van der Waals surface area contributed by atoms with Gasteiger partial charge >= 0.3 is 0 Å². The molecule has 2 aromatic heterocycles. The number of nitrogens with one attached hydrogen (secondary N) is 2. The normalized spacial score (nSPS) is 15.7. The van der Waals surface area contributed by atoms with E-state index in [9.17, 15) is 14.4 Å². The van der Waals surface area contributed by atoms with Crippen molar-refractivity contribution in [3.05, 3.63) is 53.6 Å². The van der Waals surface area contributed by atoms with Crippen molar-refractivity contribution in [3.8, 4) is 0 Å². The molecule has 3 aromatic rings. The summed E-state index contributed by atoms with van der Waals surface area (Å²) in [5, 5.41) is 10.3. The summed E-state index contributed by atoms with van der Waals surface area (Å²) in [6.07, 6.45) is 1.81. The molecule has 0 atom stereocenters. The van der Waals surface area contributed by atoms with Gasteiger partial charge in [0.05, 0.1) is 11.1 Å². The molecule has 2 aliphatic rings. The zero-order chi connectivity index (χ0) is 20.0. The van der Waals surface area contributed by atoms with Crippen molar-refractivity contribution in [1.29, 1.82) is 0 Å². The second-order valence-corrected chi connectivity index (χ2v) is 7.11. The number of carbonyl (C=O) groups is 3. The standard InChI is InChI=1S/C20H18N6O3/c27-17(12-8-9-12)23-20-22-16-7-3-6-15(26(16)24-20)21-10-11-25-18(28)13-4-1-2-5-14(13)19(25)29/h1-7,12,21H,8-11H2,(H,23,24,27). The Morgan fingerprint density at radius 2 is 1.76 bits per heavy atom. The molecule has 3 amide bonds. The molecule has 9 heteroatoms. The van der Waals surface area contributed by atoms with Crippen LogP contribution >= 0.6 is 0 Å². The first-order chi connectivity index (χ1) is 14.1. The molecule has 1 aromatic carbocycles. The first-order valence-corrected chi connectivity index (χ1v) is 9.47. The van der Waals surface area contributed by atoms with Crippen LogP contribution in [0, 0.1) is 5.92 Å². The molecule has 0 bridgehead atoms. The molecule has 1 fully saturated rings. The van der Waals surface area contributed by atoms with Crippen LogP contribution in [0.15, 0.2) is 42.5 Å². The summed E-state index contributed by atoms with van der Waals surface area (Å²) in [6.45, 7) is 0.580. The lowest BCUT2D eigenvalue weighted by Crippen LogP contribution is -2.34. The Labute approximate surface area is 165 Å². The fraction of sp³-hybridized carbons (Fsp3) is 0.250. The lowest BCUT2D eigenvalue weighted by molar-refractivity contribution is -0.117. The molecule has 0 spiro atoms. The highest BCUT2D eigenvalue weighted by atomic mass is 16.2. The predicted octanol–water partition coefficient (Wildman–Crippen LogP) is 1.79. The van der Waals surface area contributed by atoms with E-state index in [0.717, 1.165) is 12.8 Å². The number of fused-ring (bicyclic) bond motifs is 2. The van der Waals surface area contributed by atoms with Gasteiger partial charge in [0.15, 0.2) is 5.65 Å². The summed E-state index contributed by atoms with van der Waals surface area (Å²) < 4.78 is 1.59. The summed E-state index contributed by atoms with van der Waals surface area (Å²) in [4.78, 5) is 42.4. The van der Waals surface area contributed by atoms with Crippen LogP contribution in [0.3, 0.4) is 0 Å². The van der Waals surface area contributed by atoms with Crippen LogP contribution in [-0.2, 0) is 4.79 Å². The molecule has 0 saturated heterocycles. The summed E-state index contributed by atoms with van der Waals surface area (Å²) in [7, 11) is 0. The highest BCUT2D eigenvalue weighted by Gasteiger charge is 2.34. The Bertz CT molecular complexity index is 1120. The molecule has 146 valence electrons. The van der Waals surface area contributed by atoms with Crippen molar-refractivity contribution in [2.45, 2.75) is 12.8 Å². The molecule has 0 unspecified atom stereocenters. The SMILES string of the molecule is O=C(Nc1nc2cccc(NCCN3C(=O)c4ccccc4C3=O)n2n1)C1CC1. The smallest absolute Gasteiger partial charge is 0.261 e. The van der Waals surface area contributed by atoms with Gasteiger partial charge < -0.3 is 5.32 Å². The van der Waals surface area contributed by atoms with E-state index in [1.807, 2.05) is 12.1 Å². The van der Waals surface area contributed by atoms with Gasteiger partial charge in [-0.15, -0.1) is 5.10 Å². The van der Waals surface area contributed by atoms with Gasteiger partial charge in [0.1, 0.15) is 5.82 Å². The highest BCUT2D eigenvalue weighted by molar-refractivity contribution is 6.21. The fourth-order valence-electron chi connectivity index (χ4n) is 3.39. The molecule has 0 radical (unpaired) electrons. The quantitative estimate of drug-likeness (QED) is 0.621. The summed E-state index contributed by atoms with van der Waals surface area (Å²) in [5.74, 6) is 0.364. The van der Waals surface area contributed by atoms with Crippen LogP contribution in [0.1, 0.15) is 33.6 Å². The predicted molar refractivity (Wildman–Crippen MR) is 105 cm³/mol. The monoisotopic (exact) mass is 390 g/mol. The number of hydrogen-bond acceptors (Lipinski definition) is 6. The average molecular weight is 390 g/mol. The number of anilines is 2. The first kappa shape index (κ1) is 17.4. The van der Waals surface area contributed by atoms with E-state index in [2.05, 4.69) is 20.7 Å². The molecule has 1 saturated carbocycles. The molecule has 5 rings (SSSR count). The van der Waals surface area contributed by atoms with Crippen molar-refractivity contribution < 1.29 is 14.4 Å². The molecule has 9 nitrogen and oxygen atoms in total. The topological polar surface area (TPSA) is 109 Å². The van der Waals surface area contributed by atoms with Crippen molar-refractivity contribution >= 4 is 35.1 Å². The van der Waals surface area contributed by atoms with E-state index in [-0.39, 0.29) is 36.1 Å². The molecule has 3 heterocycles. The zero-order valence-electron chi connectivity index (χ0n) is 15.5. The van der Waals surface area contributed by atoms with Crippen LogP contribution in [0.5, 0.6) is 0 Å². The Morgan fingerprint density at radius 3 is 2.45 bits per heavy atom. The third-order valence-electron chi connectivity index (χ3n) is 5.06. The van der Waals surface area contributed by atoms with Crippen LogP contribution in [0.25, 0.3) is 5.65 Å².